The molecular weight excluding hydrogens is 1720 g/mol. The molecule has 18 heteroatoms. The van der Waals surface area contributed by atoms with E-state index in [1.54, 1.807) is 0 Å². The summed E-state index contributed by atoms with van der Waals surface area (Å²) in [6.07, 6.45) is 33.1. The second-order valence-corrected chi connectivity index (χ2v) is 32.8. The molecule has 0 saturated carbocycles. The first-order chi connectivity index (χ1) is 67.5. The Morgan fingerprint density at radius 1 is 0.181 bits per heavy atom. The molecule has 0 N–H and O–H groups in total. The van der Waals surface area contributed by atoms with Crippen LogP contribution in [0.3, 0.4) is 0 Å². The largest absolute Gasteiger partial charge is 0.462 e. The molecule has 0 saturated heterocycles. The Morgan fingerprint density at radius 3 is 0.384 bits per heavy atom. The van der Waals surface area contributed by atoms with Crippen molar-refractivity contribution in [3.8, 4) is 36.4 Å². The molecule has 0 heterocycles. The van der Waals surface area contributed by atoms with Gasteiger partial charge in [-0.3, -0.25) is 0 Å². The number of rotatable bonds is 48. The van der Waals surface area contributed by atoms with Crippen molar-refractivity contribution in [1.82, 2.24) is 0 Å². The molecule has 0 aliphatic heterocycles. The number of nitriles is 6. The number of unbranched alkanes of at least 4 members (excludes halogenated alkanes) is 30. The lowest BCUT2D eigenvalue weighted by molar-refractivity contribution is 0.0488. The van der Waals surface area contributed by atoms with Crippen LogP contribution >= 0.6 is 0 Å². The zero-order valence-electron chi connectivity index (χ0n) is 80.2. The van der Waals surface area contributed by atoms with Gasteiger partial charge in [-0.25, -0.2) is 28.8 Å². The number of ether oxygens (including phenoxy) is 6. The first-order valence-corrected chi connectivity index (χ1v) is 48.2. The third-order valence-electron chi connectivity index (χ3n) is 22.0. The summed E-state index contributed by atoms with van der Waals surface area (Å²) in [4.78, 5) is 84.4. The van der Waals surface area contributed by atoms with E-state index in [1.165, 1.54) is 72.8 Å². The maximum Gasteiger partial charge on any atom is 0.338 e. The predicted octanol–water partition coefficient (Wildman–Crippen LogP) is 26.6. The van der Waals surface area contributed by atoms with Gasteiger partial charge in [-0.1, -0.05) is 307 Å². The van der Waals surface area contributed by atoms with E-state index >= 15 is 0 Å². The van der Waals surface area contributed by atoms with Crippen molar-refractivity contribution in [3.63, 3.8) is 0 Å². The van der Waals surface area contributed by atoms with Gasteiger partial charge in [0, 0.05) is 64.6 Å². The first-order valence-electron chi connectivity index (χ1n) is 48.2. The number of esters is 6. The number of carbonyl (C=O) groups is 6. The van der Waals surface area contributed by atoms with E-state index in [0.29, 0.717) is 38.5 Å². The van der Waals surface area contributed by atoms with Gasteiger partial charge in [0.25, 0.3) is 0 Å². The van der Waals surface area contributed by atoms with Crippen LogP contribution in [0.4, 0.5) is 0 Å². The van der Waals surface area contributed by atoms with Crippen molar-refractivity contribution in [2.24, 2.45) is 0 Å². The normalized spacial score (nSPS) is 9.74. The smallest absolute Gasteiger partial charge is 0.338 e. The Morgan fingerprint density at radius 2 is 0.283 bits per heavy atom. The highest BCUT2D eigenvalue weighted by molar-refractivity contribution is 6.00. The standard InChI is InChI=1S/C120H114N6O12/c1-7-13-19-25-31-49-67-133-115(127)103-73-91-55-37-39-57-93-75-104(116(128)134-68-50-32-26-20-14-8-2)77-95(110(93)86-122)59-41-43-61-97-79-106(118(130)136-70-52-34-28-22-16-10-4)81-99(112(97)88-124)63-45-47-65-101-83-108(120(132)138-72-54-36-30-24-18-12-6)84-102(114(101)90-126)66-48-46-64-100-82-107(119(131)137-71-53-35-29-23-17-11-5)80-98(113(100)89-125)62-44-42-60-96-78-105(117(129)135-69-51-33-27-21-15-9-3)76-94(111(96)87-123)58-40-38-56-92(74-103)109(91)85-121/h73-84H,7-36,49-54,67-72H2,1-6H3. The van der Waals surface area contributed by atoms with Crippen LogP contribution in [-0.4, -0.2) is 75.5 Å². The summed E-state index contributed by atoms with van der Waals surface area (Å²) in [5, 5.41) is 65.6. The van der Waals surface area contributed by atoms with Gasteiger partial charge in [0.2, 0.25) is 0 Å². The third-order valence-corrected chi connectivity index (χ3v) is 22.0. The predicted molar refractivity (Wildman–Crippen MR) is 526 cm³/mol. The summed E-state index contributed by atoms with van der Waals surface area (Å²) < 4.78 is 34.6. The number of nitrogens with zero attached hydrogens (tertiary/aromatic N) is 6. The van der Waals surface area contributed by atoms with E-state index in [-0.39, 0.29) is 171 Å². The molecular formula is C120H114N6O12. The monoisotopic (exact) mass is 1830 g/mol. The van der Waals surface area contributed by atoms with Crippen LogP contribution in [-0.2, 0) is 28.4 Å². The number of carbonyl (C=O) groups excluding carboxylic acids is 6. The quantitative estimate of drug-likeness (QED) is 0.0194. The lowest BCUT2D eigenvalue weighted by Gasteiger charge is -2.06. The molecule has 0 fully saturated rings. The number of hydrogen-bond donors (Lipinski definition) is 0. The number of benzene rings is 6. The van der Waals surface area contributed by atoms with Gasteiger partial charge in [-0.15, -0.1) is 0 Å². The Balaban J connectivity index is 1.60. The summed E-state index contributed by atoms with van der Waals surface area (Å²) in [5.41, 5.74) is -0.691. The summed E-state index contributed by atoms with van der Waals surface area (Å²) in [6, 6.07) is 97.0. The minimum atomic E-state index is -0.739. The second-order valence-electron chi connectivity index (χ2n) is 32.8. The van der Waals surface area contributed by atoms with E-state index < -0.39 is 35.8 Å². The molecule has 138 heavy (non-hydrogen) atoms. The Bertz CT molecular complexity index is 4940. The van der Waals surface area contributed by atoms with Crippen molar-refractivity contribution >= 4 is 100 Å². The van der Waals surface area contributed by atoms with Crippen LogP contribution < -0.4 is 0 Å². The third kappa shape index (κ3) is 37.7. The fourth-order valence-electron chi connectivity index (χ4n) is 14.4. The van der Waals surface area contributed by atoms with Gasteiger partial charge in [-0.2, -0.15) is 31.6 Å². The molecule has 0 aromatic heterocycles. The highest BCUT2D eigenvalue weighted by Crippen LogP contribution is 2.26. The van der Waals surface area contributed by atoms with Gasteiger partial charge >= 0.3 is 35.8 Å². The fourth-order valence-corrected chi connectivity index (χ4v) is 14.4. The average Bonchev–Trinajstić information content (AvgIpc) is 0.827. The highest BCUT2D eigenvalue weighted by Gasteiger charge is 2.19. The molecule has 0 radical (unpaired) electrons. The first kappa shape index (κ1) is 109. The lowest BCUT2D eigenvalue weighted by Crippen LogP contribution is -2.06. The summed E-state index contributed by atoms with van der Waals surface area (Å²) in [6.45, 7) is 13.3. The molecule has 7 aromatic carbocycles. The molecule has 696 valence electrons. The van der Waals surface area contributed by atoms with Crippen molar-refractivity contribution in [2.75, 3.05) is 39.6 Å². The molecule has 0 spiro atoms. The van der Waals surface area contributed by atoms with Crippen LogP contribution in [0.25, 0.3) is 64.6 Å². The van der Waals surface area contributed by atoms with Gasteiger partial charge in [0.15, 0.2) is 0 Å². The Labute approximate surface area is 818 Å². The maximum atomic E-state index is 14.1. The molecule has 0 aliphatic carbocycles. The Hall–Kier alpha value is -16.2. The van der Waals surface area contributed by atoms with Crippen molar-refractivity contribution in [3.05, 3.63) is 285 Å². The molecule has 0 unspecified atom stereocenters. The van der Waals surface area contributed by atoms with Crippen molar-refractivity contribution < 1.29 is 57.2 Å². The Kier molecular flexibility index (Phi) is 51.0. The van der Waals surface area contributed by atoms with Crippen LogP contribution in [0.2, 0.25) is 0 Å². The minimum absolute atomic E-state index is 0.00368. The zero-order valence-corrected chi connectivity index (χ0v) is 80.2. The molecule has 0 aliphatic rings. The van der Waals surface area contributed by atoms with Gasteiger partial charge in [0.1, 0.15) is 36.4 Å². The van der Waals surface area contributed by atoms with E-state index in [4.69, 9.17) is 28.4 Å². The maximum absolute atomic E-state index is 14.1. The highest BCUT2D eigenvalue weighted by atomic mass is 16.6. The number of hydrogen-bond acceptors (Lipinski definition) is 18. The molecule has 12 bridgehead atoms. The van der Waals surface area contributed by atoms with Crippen LogP contribution in [0.15, 0.2) is 72.8 Å². The topological polar surface area (TPSA) is 301 Å². The fraction of sp³-hybridized carbons (Fsp3) is 0.400. The zero-order chi connectivity index (χ0) is 99.0. The number of fused-ring (bicyclic) bond motifs is 12. The van der Waals surface area contributed by atoms with Gasteiger partial charge < -0.3 is 28.4 Å². The van der Waals surface area contributed by atoms with E-state index in [0.717, 1.165) is 193 Å². The van der Waals surface area contributed by atoms with Crippen molar-refractivity contribution in [2.45, 2.75) is 273 Å². The molecule has 0 atom stereocenters. The molecule has 7 aromatic rings. The summed E-state index contributed by atoms with van der Waals surface area (Å²) in [5.74, 6) is -4.43. The summed E-state index contributed by atoms with van der Waals surface area (Å²) >= 11 is 0. The van der Waals surface area contributed by atoms with Crippen LogP contribution in [0.1, 0.15) is 368 Å². The molecule has 18 nitrogen and oxygen atoms in total. The second kappa shape index (κ2) is 64.6. The lowest BCUT2D eigenvalue weighted by atomic mass is 10.0. The van der Waals surface area contributed by atoms with E-state index in [1.807, 2.05) is 0 Å². The van der Waals surface area contributed by atoms with Gasteiger partial charge in [-0.05, 0) is 184 Å². The minimum Gasteiger partial charge on any atom is -0.462 e. The van der Waals surface area contributed by atoms with E-state index in [9.17, 15) is 60.3 Å². The molecule has 7 rings (SSSR count). The SMILES string of the molecule is CCCCCCCCOC(=O)c1cc2c#cc#cc3cc(C(=O)OCCCCCCCC)cc(c#cc#cc4cc(C(=O)OCCCCCCCC)cc(c#cc#cc5cc(C(=O)OCCCCCCCC)cc(c#cc#cc6cc(C(=O)OCCCCCCCC)cc(c#cc#cc7cc(C(=O)OCCCCCCCC)cc(c#cc#cc(c1)c2C#N)c7C#N)c6C#N)c5C#N)c4C#N)c3C#N. The van der Waals surface area contributed by atoms with Crippen molar-refractivity contribution in [1.29, 1.82) is 31.6 Å². The van der Waals surface area contributed by atoms with E-state index in [2.05, 4.69) is 224 Å². The van der Waals surface area contributed by atoms with Gasteiger partial charge in [0.05, 0.1) is 106 Å². The van der Waals surface area contributed by atoms with Crippen LogP contribution in [0, 0.1) is 214 Å². The molecule has 0 amide bonds. The average molecular weight is 1830 g/mol. The van der Waals surface area contributed by atoms with Crippen LogP contribution in [0.5, 0.6) is 0 Å². The summed E-state index contributed by atoms with van der Waals surface area (Å²) in [7, 11) is 0.